The molecule has 5 nitrogen and oxygen atoms in total. The number of ether oxygens (including phenoxy) is 1. The van der Waals surface area contributed by atoms with Crippen LogP contribution in [0.3, 0.4) is 0 Å². The van der Waals surface area contributed by atoms with Gasteiger partial charge in [0, 0.05) is 37.7 Å². The van der Waals surface area contributed by atoms with E-state index in [0.29, 0.717) is 18.2 Å². The average molecular weight is 259 g/mol. The summed E-state index contributed by atoms with van der Waals surface area (Å²) in [4.78, 5) is 14.0. The monoisotopic (exact) mass is 259 g/mol. The predicted molar refractivity (Wildman–Crippen MR) is 68.6 cm³/mol. The molecule has 0 radical (unpaired) electrons. The highest BCUT2D eigenvalue weighted by molar-refractivity contribution is 7.95. The van der Waals surface area contributed by atoms with E-state index >= 15 is 0 Å². The topological polar surface area (TPSA) is 53.6 Å². The molecule has 0 aromatic carbocycles. The normalized spacial score (nSPS) is 26.1. The van der Waals surface area contributed by atoms with Crippen molar-refractivity contribution in [3.63, 3.8) is 0 Å². The van der Waals surface area contributed by atoms with Crippen molar-refractivity contribution in [3.8, 4) is 0 Å². The molecular formula is C11H21N3O2S. The van der Waals surface area contributed by atoms with Crippen molar-refractivity contribution in [2.24, 2.45) is 5.92 Å². The number of ketones is 1. The molecule has 2 aliphatic rings. The summed E-state index contributed by atoms with van der Waals surface area (Å²) >= 11 is 1.47. The number of nitrogens with one attached hydrogen (secondary N) is 2. The van der Waals surface area contributed by atoms with Crippen LogP contribution < -0.4 is 9.44 Å². The number of morpholine rings is 1. The van der Waals surface area contributed by atoms with Gasteiger partial charge >= 0.3 is 0 Å². The Kier molecular flexibility index (Phi) is 5.24. The number of carbonyl (C=O) groups excluding carboxylic acids is 1. The Hall–Kier alpha value is -0.140. The number of Topliss-reactive ketones (excluding diaryl/α,β-unsaturated/α-hetero) is 1. The third-order valence-corrected chi connectivity index (χ3v) is 3.64. The van der Waals surface area contributed by atoms with Crippen LogP contribution in [-0.4, -0.2) is 56.6 Å². The van der Waals surface area contributed by atoms with Gasteiger partial charge in [0.25, 0.3) is 0 Å². The quantitative estimate of drug-likeness (QED) is 0.497. The second kappa shape index (κ2) is 6.70. The first-order valence-corrected chi connectivity index (χ1v) is 7.03. The highest BCUT2D eigenvalue weighted by atomic mass is 32.2. The van der Waals surface area contributed by atoms with Crippen molar-refractivity contribution < 1.29 is 9.53 Å². The van der Waals surface area contributed by atoms with Crippen LogP contribution in [0, 0.1) is 5.92 Å². The molecule has 1 aliphatic heterocycles. The maximum atomic E-state index is 11.7. The van der Waals surface area contributed by atoms with Crippen molar-refractivity contribution in [2.45, 2.75) is 18.9 Å². The van der Waals surface area contributed by atoms with Crippen LogP contribution in [0.25, 0.3) is 0 Å². The maximum absolute atomic E-state index is 11.7. The number of hydrogen-bond acceptors (Lipinski definition) is 6. The summed E-state index contributed by atoms with van der Waals surface area (Å²) in [5, 5.41) is 0. The highest BCUT2D eigenvalue weighted by Crippen LogP contribution is 2.30. The minimum atomic E-state index is 0.191. The first kappa shape index (κ1) is 13.3. The van der Waals surface area contributed by atoms with E-state index in [2.05, 4.69) is 14.3 Å². The first-order valence-electron chi connectivity index (χ1n) is 6.21. The SMILES string of the molecule is CNSNC[C@H]1CN(CC(=O)C2CC2)CCO1. The van der Waals surface area contributed by atoms with Gasteiger partial charge in [-0.15, -0.1) is 0 Å². The molecule has 6 heteroatoms. The van der Waals surface area contributed by atoms with Gasteiger partial charge in [-0.2, -0.15) is 0 Å². The molecule has 17 heavy (non-hydrogen) atoms. The third-order valence-electron chi connectivity index (χ3n) is 3.12. The lowest BCUT2D eigenvalue weighted by Crippen LogP contribution is -2.47. The summed E-state index contributed by atoms with van der Waals surface area (Å²) in [5.41, 5.74) is 0. The van der Waals surface area contributed by atoms with Crippen LogP contribution in [0.5, 0.6) is 0 Å². The Bertz CT molecular complexity index is 261. The van der Waals surface area contributed by atoms with Crippen molar-refractivity contribution in [1.29, 1.82) is 0 Å². The van der Waals surface area contributed by atoms with Gasteiger partial charge in [-0.3, -0.25) is 14.4 Å². The van der Waals surface area contributed by atoms with E-state index < -0.39 is 0 Å². The minimum Gasteiger partial charge on any atom is -0.374 e. The Labute approximate surface area is 107 Å². The van der Waals surface area contributed by atoms with E-state index in [1.807, 2.05) is 7.05 Å². The van der Waals surface area contributed by atoms with E-state index in [1.165, 1.54) is 12.1 Å². The molecule has 2 N–H and O–H groups in total. The van der Waals surface area contributed by atoms with Gasteiger partial charge in [0.2, 0.25) is 0 Å². The molecule has 0 spiro atoms. The molecule has 1 saturated carbocycles. The van der Waals surface area contributed by atoms with Crippen molar-refractivity contribution >= 4 is 17.9 Å². The summed E-state index contributed by atoms with van der Waals surface area (Å²) in [6, 6.07) is 0. The molecule has 98 valence electrons. The second-order valence-corrected chi connectivity index (χ2v) is 5.52. The zero-order valence-electron chi connectivity index (χ0n) is 10.3. The second-order valence-electron chi connectivity index (χ2n) is 4.62. The van der Waals surface area contributed by atoms with Crippen molar-refractivity contribution in [2.75, 3.05) is 39.8 Å². The van der Waals surface area contributed by atoms with E-state index in [0.717, 1.165) is 39.1 Å². The molecule has 1 aliphatic carbocycles. The van der Waals surface area contributed by atoms with Crippen LogP contribution in [0.1, 0.15) is 12.8 Å². The van der Waals surface area contributed by atoms with Gasteiger partial charge in [-0.05, 0) is 19.9 Å². The molecule has 2 rings (SSSR count). The Morgan fingerprint density at radius 2 is 2.35 bits per heavy atom. The summed E-state index contributed by atoms with van der Waals surface area (Å²) < 4.78 is 11.8. The highest BCUT2D eigenvalue weighted by Gasteiger charge is 2.31. The summed E-state index contributed by atoms with van der Waals surface area (Å²) in [5.74, 6) is 0.789. The number of carbonyl (C=O) groups is 1. The number of hydrogen-bond donors (Lipinski definition) is 2. The fraction of sp³-hybridized carbons (Fsp3) is 0.909. The molecule has 1 heterocycles. The van der Waals surface area contributed by atoms with Crippen LogP contribution in [-0.2, 0) is 9.53 Å². The fourth-order valence-corrected chi connectivity index (χ4v) is 2.42. The van der Waals surface area contributed by atoms with Crippen LogP contribution >= 0.6 is 12.1 Å². The predicted octanol–water partition coefficient (Wildman–Crippen LogP) is 0.0385. The van der Waals surface area contributed by atoms with E-state index in [-0.39, 0.29) is 6.10 Å². The molecule has 1 atom stereocenters. The number of nitrogens with zero attached hydrogens (tertiary/aromatic N) is 1. The van der Waals surface area contributed by atoms with Crippen molar-refractivity contribution in [1.82, 2.24) is 14.3 Å². The molecular weight excluding hydrogens is 238 g/mol. The Balaban J connectivity index is 1.66. The summed E-state index contributed by atoms with van der Waals surface area (Å²) in [6.07, 6.45) is 2.40. The van der Waals surface area contributed by atoms with E-state index in [9.17, 15) is 4.79 Å². The number of rotatable bonds is 7. The standard InChI is InChI=1S/C11H21N3O2S/c1-12-17-13-6-10-7-14(4-5-16-10)8-11(15)9-2-3-9/h9-10,12-13H,2-8H2,1H3/t10-/m0/s1. The molecule has 0 amide bonds. The fourth-order valence-electron chi connectivity index (χ4n) is 2.01. The van der Waals surface area contributed by atoms with Gasteiger partial charge in [-0.25, -0.2) is 4.72 Å². The van der Waals surface area contributed by atoms with Gasteiger partial charge in [0.15, 0.2) is 0 Å². The molecule has 0 unspecified atom stereocenters. The van der Waals surface area contributed by atoms with Crippen LogP contribution in [0.2, 0.25) is 0 Å². The maximum Gasteiger partial charge on any atom is 0.149 e. The Morgan fingerprint density at radius 3 is 3.06 bits per heavy atom. The zero-order chi connectivity index (χ0) is 12.1. The molecule has 0 aromatic heterocycles. The van der Waals surface area contributed by atoms with Gasteiger partial charge < -0.3 is 4.74 Å². The van der Waals surface area contributed by atoms with E-state index in [4.69, 9.17) is 4.74 Å². The van der Waals surface area contributed by atoms with E-state index in [1.54, 1.807) is 0 Å². The largest absolute Gasteiger partial charge is 0.374 e. The van der Waals surface area contributed by atoms with Crippen LogP contribution in [0.15, 0.2) is 0 Å². The lowest BCUT2D eigenvalue weighted by atomic mass is 10.2. The van der Waals surface area contributed by atoms with Gasteiger partial charge in [0.1, 0.15) is 5.78 Å². The van der Waals surface area contributed by atoms with Gasteiger partial charge in [-0.1, -0.05) is 0 Å². The summed E-state index contributed by atoms with van der Waals surface area (Å²) in [6.45, 7) is 3.89. The molecule has 1 saturated heterocycles. The molecule has 2 fully saturated rings. The smallest absolute Gasteiger partial charge is 0.149 e. The first-order chi connectivity index (χ1) is 8.29. The molecule has 0 aromatic rings. The third kappa shape index (κ3) is 4.56. The molecule has 0 bridgehead atoms. The lowest BCUT2D eigenvalue weighted by molar-refractivity contribution is -0.123. The lowest BCUT2D eigenvalue weighted by Gasteiger charge is -2.32. The Morgan fingerprint density at radius 1 is 1.53 bits per heavy atom. The summed E-state index contributed by atoms with van der Waals surface area (Å²) in [7, 11) is 1.88. The van der Waals surface area contributed by atoms with Crippen LogP contribution in [0.4, 0.5) is 0 Å². The average Bonchev–Trinajstić information content (AvgIpc) is 3.14. The van der Waals surface area contributed by atoms with Gasteiger partial charge in [0.05, 0.1) is 19.3 Å². The minimum absolute atomic E-state index is 0.191. The zero-order valence-corrected chi connectivity index (χ0v) is 11.1. The van der Waals surface area contributed by atoms with Crippen molar-refractivity contribution in [3.05, 3.63) is 0 Å².